The normalized spacial score (nSPS) is 9.93. The van der Waals surface area contributed by atoms with E-state index in [0.717, 1.165) is 17.8 Å². The summed E-state index contributed by atoms with van der Waals surface area (Å²) < 4.78 is 0. The highest BCUT2D eigenvalue weighted by atomic mass is 15.1. The molecule has 3 nitrogen and oxygen atoms in total. The predicted octanol–water partition coefficient (Wildman–Crippen LogP) is 2.58. The van der Waals surface area contributed by atoms with Gasteiger partial charge in [0.15, 0.2) is 0 Å². The number of nitrogens with one attached hydrogen (secondary N) is 1. The lowest BCUT2D eigenvalue weighted by Crippen LogP contribution is -2.01. The van der Waals surface area contributed by atoms with E-state index in [2.05, 4.69) is 15.3 Å². The minimum atomic E-state index is 0.679. The second kappa shape index (κ2) is 4.55. The summed E-state index contributed by atoms with van der Waals surface area (Å²) in [4.78, 5) is 8.54. The first-order valence-corrected chi connectivity index (χ1v) is 5.02. The Hall–Kier alpha value is -1.90. The van der Waals surface area contributed by atoms with Gasteiger partial charge in [-0.05, 0) is 13.0 Å². The van der Waals surface area contributed by atoms with E-state index in [-0.39, 0.29) is 0 Å². The third kappa shape index (κ3) is 2.31. The second-order valence-electron chi connectivity index (χ2n) is 3.16. The van der Waals surface area contributed by atoms with Gasteiger partial charge in [0.05, 0.1) is 5.69 Å². The molecule has 0 unspecified atom stereocenters. The number of anilines is 1. The van der Waals surface area contributed by atoms with Crippen LogP contribution < -0.4 is 5.32 Å². The first-order chi connectivity index (χ1) is 7.40. The molecule has 3 heteroatoms. The highest BCUT2D eigenvalue weighted by Crippen LogP contribution is 2.16. The van der Waals surface area contributed by atoms with Crippen LogP contribution in [0.4, 0.5) is 5.95 Å². The summed E-state index contributed by atoms with van der Waals surface area (Å²) in [6.45, 7) is 2.86. The minimum Gasteiger partial charge on any atom is -0.354 e. The molecule has 0 radical (unpaired) electrons. The number of nitrogens with zero attached hydrogens (tertiary/aromatic N) is 2. The lowest BCUT2D eigenvalue weighted by Gasteiger charge is -2.03. The molecule has 0 fully saturated rings. The van der Waals surface area contributed by atoms with E-state index in [0.29, 0.717) is 5.95 Å². The van der Waals surface area contributed by atoms with E-state index in [1.807, 2.05) is 43.3 Å². The van der Waals surface area contributed by atoms with Crippen molar-refractivity contribution in [2.45, 2.75) is 6.92 Å². The van der Waals surface area contributed by atoms with Gasteiger partial charge >= 0.3 is 0 Å². The Bertz CT molecular complexity index is 426. The molecule has 1 aromatic heterocycles. The number of aromatic nitrogens is 2. The highest BCUT2D eigenvalue weighted by molar-refractivity contribution is 5.59. The van der Waals surface area contributed by atoms with Crippen molar-refractivity contribution < 1.29 is 0 Å². The third-order valence-corrected chi connectivity index (χ3v) is 2.06. The molecule has 2 aromatic rings. The van der Waals surface area contributed by atoms with Crippen LogP contribution in [0.2, 0.25) is 0 Å². The third-order valence-electron chi connectivity index (χ3n) is 2.06. The maximum Gasteiger partial charge on any atom is 0.223 e. The van der Waals surface area contributed by atoms with Crippen molar-refractivity contribution in [1.82, 2.24) is 9.97 Å². The van der Waals surface area contributed by atoms with Gasteiger partial charge in [-0.3, -0.25) is 0 Å². The molecule has 0 bridgehead atoms. The first-order valence-electron chi connectivity index (χ1n) is 5.02. The molecule has 0 saturated heterocycles. The van der Waals surface area contributed by atoms with Gasteiger partial charge in [-0.2, -0.15) is 0 Å². The smallest absolute Gasteiger partial charge is 0.223 e. The number of hydrogen-bond acceptors (Lipinski definition) is 3. The van der Waals surface area contributed by atoms with Crippen LogP contribution in [0.15, 0.2) is 42.6 Å². The van der Waals surface area contributed by atoms with Gasteiger partial charge in [0, 0.05) is 18.3 Å². The molecule has 0 saturated carbocycles. The van der Waals surface area contributed by atoms with Crippen molar-refractivity contribution in [1.29, 1.82) is 0 Å². The van der Waals surface area contributed by atoms with Crippen LogP contribution in [-0.2, 0) is 0 Å². The average molecular weight is 199 g/mol. The molecule has 0 aliphatic rings. The Morgan fingerprint density at radius 2 is 1.93 bits per heavy atom. The van der Waals surface area contributed by atoms with Crippen LogP contribution in [-0.4, -0.2) is 16.5 Å². The van der Waals surface area contributed by atoms with Gasteiger partial charge in [0.25, 0.3) is 0 Å². The summed E-state index contributed by atoms with van der Waals surface area (Å²) >= 11 is 0. The Kier molecular flexibility index (Phi) is 2.93. The molecule has 0 spiro atoms. The van der Waals surface area contributed by atoms with Crippen LogP contribution >= 0.6 is 0 Å². The Balaban J connectivity index is 2.33. The van der Waals surface area contributed by atoms with Crippen LogP contribution in [0.5, 0.6) is 0 Å². The maximum absolute atomic E-state index is 4.41. The summed E-state index contributed by atoms with van der Waals surface area (Å²) in [6, 6.07) is 12.0. The van der Waals surface area contributed by atoms with E-state index in [9.17, 15) is 0 Å². The number of rotatable bonds is 3. The number of benzene rings is 1. The van der Waals surface area contributed by atoms with Crippen LogP contribution in [0.3, 0.4) is 0 Å². The maximum atomic E-state index is 4.41. The highest BCUT2D eigenvalue weighted by Gasteiger charge is 1.99. The van der Waals surface area contributed by atoms with Crippen molar-refractivity contribution in [2.24, 2.45) is 0 Å². The molecule has 0 atom stereocenters. The average Bonchev–Trinajstić information content (AvgIpc) is 2.31. The van der Waals surface area contributed by atoms with E-state index >= 15 is 0 Å². The molecule has 1 aromatic carbocycles. The fraction of sp³-hybridized carbons (Fsp3) is 0.167. The van der Waals surface area contributed by atoms with Crippen molar-refractivity contribution in [3.8, 4) is 11.3 Å². The molecular formula is C12H13N3. The van der Waals surface area contributed by atoms with E-state index in [1.165, 1.54) is 0 Å². The molecule has 15 heavy (non-hydrogen) atoms. The predicted molar refractivity (Wildman–Crippen MR) is 61.6 cm³/mol. The van der Waals surface area contributed by atoms with Gasteiger partial charge in [-0.25, -0.2) is 9.97 Å². The zero-order chi connectivity index (χ0) is 10.5. The summed E-state index contributed by atoms with van der Waals surface area (Å²) in [7, 11) is 0. The summed E-state index contributed by atoms with van der Waals surface area (Å²) in [6.07, 6.45) is 1.77. The van der Waals surface area contributed by atoms with Crippen LogP contribution in [0.1, 0.15) is 6.92 Å². The molecule has 1 N–H and O–H groups in total. The lowest BCUT2D eigenvalue weighted by molar-refractivity contribution is 1.09. The van der Waals surface area contributed by atoms with E-state index in [1.54, 1.807) is 6.20 Å². The zero-order valence-corrected chi connectivity index (χ0v) is 8.64. The SMILES string of the molecule is CCNc1nccc(-c2ccccc2)n1. The largest absolute Gasteiger partial charge is 0.354 e. The van der Waals surface area contributed by atoms with Crippen molar-refractivity contribution >= 4 is 5.95 Å². The van der Waals surface area contributed by atoms with Gasteiger partial charge in [-0.1, -0.05) is 30.3 Å². The Morgan fingerprint density at radius 3 is 2.67 bits per heavy atom. The standard InChI is InChI=1S/C12H13N3/c1-2-13-12-14-9-8-11(15-12)10-6-4-3-5-7-10/h3-9H,2H2,1H3,(H,13,14,15). The van der Waals surface area contributed by atoms with Gasteiger partial charge in [-0.15, -0.1) is 0 Å². The molecule has 76 valence electrons. The summed E-state index contributed by atoms with van der Waals surface area (Å²) in [5.74, 6) is 0.679. The Labute approximate surface area is 89.2 Å². The van der Waals surface area contributed by atoms with Crippen molar-refractivity contribution in [3.63, 3.8) is 0 Å². The molecule has 1 heterocycles. The fourth-order valence-corrected chi connectivity index (χ4v) is 1.37. The van der Waals surface area contributed by atoms with Crippen LogP contribution in [0, 0.1) is 0 Å². The summed E-state index contributed by atoms with van der Waals surface area (Å²) in [5.41, 5.74) is 2.06. The van der Waals surface area contributed by atoms with Crippen LogP contribution in [0.25, 0.3) is 11.3 Å². The molecular weight excluding hydrogens is 186 g/mol. The first kappa shape index (κ1) is 9.65. The van der Waals surface area contributed by atoms with Gasteiger partial charge in [0.1, 0.15) is 0 Å². The Morgan fingerprint density at radius 1 is 1.13 bits per heavy atom. The molecule has 0 aliphatic carbocycles. The molecule has 0 amide bonds. The topological polar surface area (TPSA) is 37.8 Å². The van der Waals surface area contributed by atoms with E-state index < -0.39 is 0 Å². The molecule has 2 rings (SSSR count). The minimum absolute atomic E-state index is 0.679. The quantitative estimate of drug-likeness (QED) is 0.825. The number of hydrogen-bond donors (Lipinski definition) is 1. The van der Waals surface area contributed by atoms with E-state index in [4.69, 9.17) is 0 Å². The second-order valence-corrected chi connectivity index (χ2v) is 3.16. The van der Waals surface area contributed by atoms with Gasteiger partial charge in [0.2, 0.25) is 5.95 Å². The lowest BCUT2D eigenvalue weighted by atomic mass is 10.1. The zero-order valence-electron chi connectivity index (χ0n) is 8.64. The fourth-order valence-electron chi connectivity index (χ4n) is 1.37. The summed E-state index contributed by atoms with van der Waals surface area (Å²) in [5, 5.41) is 3.10. The monoisotopic (exact) mass is 199 g/mol. The van der Waals surface area contributed by atoms with Gasteiger partial charge < -0.3 is 5.32 Å². The van der Waals surface area contributed by atoms with Crippen molar-refractivity contribution in [3.05, 3.63) is 42.6 Å². The molecule has 0 aliphatic heterocycles. The van der Waals surface area contributed by atoms with Crippen molar-refractivity contribution in [2.75, 3.05) is 11.9 Å².